The number of amides is 1. The molecule has 1 atom stereocenters. The van der Waals surface area contributed by atoms with Crippen molar-refractivity contribution in [2.75, 3.05) is 18.0 Å². The highest BCUT2D eigenvalue weighted by molar-refractivity contribution is 9.10. The molecule has 1 aliphatic heterocycles. The summed E-state index contributed by atoms with van der Waals surface area (Å²) in [6, 6.07) is 3.51. The van der Waals surface area contributed by atoms with Gasteiger partial charge < -0.3 is 14.6 Å². The zero-order valence-corrected chi connectivity index (χ0v) is 12.4. The van der Waals surface area contributed by atoms with Gasteiger partial charge in [-0.05, 0) is 34.5 Å². The summed E-state index contributed by atoms with van der Waals surface area (Å²) in [5.41, 5.74) is 0. The number of hydrogen-bond acceptors (Lipinski definition) is 5. The number of nitrogens with one attached hydrogen (secondary N) is 1. The second-order valence-electron chi connectivity index (χ2n) is 4.32. The van der Waals surface area contributed by atoms with E-state index < -0.39 is 0 Å². The standard InChI is InChI=1S/C12H12BrN3O2S/c13-10-2-1-9(18-10)11(17)15-8-3-5-16(7-8)12-14-4-6-19-12/h1-2,4,6,8H,3,5,7H2,(H,15,17)/t8-/m1/s1. The number of carbonyl (C=O) groups is 1. The van der Waals surface area contributed by atoms with Gasteiger partial charge in [-0.25, -0.2) is 4.98 Å². The summed E-state index contributed by atoms with van der Waals surface area (Å²) < 4.78 is 5.80. The number of aromatic nitrogens is 1. The molecule has 1 amide bonds. The molecule has 0 unspecified atom stereocenters. The number of furan rings is 1. The van der Waals surface area contributed by atoms with Crippen LogP contribution in [0.1, 0.15) is 17.0 Å². The summed E-state index contributed by atoms with van der Waals surface area (Å²) in [6.07, 6.45) is 2.72. The van der Waals surface area contributed by atoms with Gasteiger partial charge in [0.2, 0.25) is 0 Å². The first-order valence-corrected chi connectivity index (χ1v) is 7.60. The number of hydrogen-bond donors (Lipinski definition) is 1. The predicted octanol–water partition coefficient (Wildman–Crippen LogP) is 2.51. The highest BCUT2D eigenvalue weighted by Gasteiger charge is 2.26. The SMILES string of the molecule is O=C(N[C@@H]1CCN(c2nccs2)C1)c1ccc(Br)o1. The van der Waals surface area contributed by atoms with Crippen molar-refractivity contribution in [3.05, 3.63) is 34.1 Å². The van der Waals surface area contributed by atoms with Crippen molar-refractivity contribution in [1.29, 1.82) is 0 Å². The molecule has 1 N–H and O–H groups in total. The lowest BCUT2D eigenvalue weighted by molar-refractivity contribution is 0.0911. The van der Waals surface area contributed by atoms with E-state index in [2.05, 4.69) is 31.1 Å². The van der Waals surface area contributed by atoms with Gasteiger partial charge in [-0.2, -0.15) is 0 Å². The van der Waals surface area contributed by atoms with E-state index in [0.717, 1.165) is 24.6 Å². The Hall–Kier alpha value is -1.34. The van der Waals surface area contributed by atoms with Crippen LogP contribution in [0.3, 0.4) is 0 Å². The molecule has 0 radical (unpaired) electrons. The Morgan fingerprint density at radius 1 is 1.58 bits per heavy atom. The van der Waals surface area contributed by atoms with Crippen LogP contribution in [-0.2, 0) is 0 Å². The van der Waals surface area contributed by atoms with Crippen LogP contribution >= 0.6 is 27.3 Å². The summed E-state index contributed by atoms with van der Waals surface area (Å²) in [5, 5.41) is 5.95. The monoisotopic (exact) mass is 341 g/mol. The molecule has 1 fully saturated rings. The lowest BCUT2D eigenvalue weighted by atomic mass is 10.2. The summed E-state index contributed by atoms with van der Waals surface area (Å²) in [5.74, 6) is 0.163. The number of anilines is 1. The van der Waals surface area contributed by atoms with Crippen molar-refractivity contribution in [1.82, 2.24) is 10.3 Å². The molecule has 1 aliphatic rings. The Kier molecular flexibility index (Phi) is 3.56. The van der Waals surface area contributed by atoms with Crippen LogP contribution in [0.5, 0.6) is 0 Å². The molecule has 19 heavy (non-hydrogen) atoms. The fourth-order valence-electron chi connectivity index (χ4n) is 2.12. The molecule has 7 heteroatoms. The fourth-order valence-corrected chi connectivity index (χ4v) is 3.10. The normalized spacial score (nSPS) is 18.8. The quantitative estimate of drug-likeness (QED) is 0.931. The fraction of sp³-hybridized carbons (Fsp3) is 0.333. The third-order valence-corrected chi connectivity index (χ3v) is 4.27. The minimum absolute atomic E-state index is 0.139. The third-order valence-electron chi connectivity index (χ3n) is 3.01. The van der Waals surface area contributed by atoms with Crippen LogP contribution < -0.4 is 10.2 Å². The van der Waals surface area contributed by atoms with Crippen LogP contribution in [0.25, 0.3) is 0 Å². The van der Waals surface area contributed by atoms with E-state index in [1.54, 1.807) is 29.7 Å². The van der Waals surface area contributed by atoms with Crippen molar-refractivity contribution in [2.24, 2.45) is 0 Å². The summed E-state index contributed by atoms with van der Waals surface area (Å²) >= 11 is 4.81. The lowest BCUT2D eigenvalue weighted by Crippen LogP contribution is -2.36. The van der Waals surface area contributed by atoms with E-state index >= 15 is 0 Å². The summed E-state index contributed by atoms with van der Waals surface area (Å²) in [7, 11) is 0. The average Bonchev–Trinajstić information content (AvgIpc) is 3.07. The molecule has 0 bridgehead atoms. The summed E-state index contributed by atoms with van der Waals surface area (Å²) in [6.45, 7) is 1.71. The number of thiazole rings is 1. The highest BCUT2D eigenvalue weighted by Crippen LogP contribution is 2.22. The van der Waals surface area contributed by atoms with Crippen molar-refractivity contribution in [3.8, 4) is 0 Å². The lowest BCUT2D eigenvalue weighted by Gasteiger charge is -2.15. The molecule has 0 spiro atoms. The Balaban J connectivity index is 1.59. The minimum Gasteiger partial charge on any atom is -0.444 e. The van der Waals surface area contributed by atoms with Gasteiger partial charge in [0.15, 0.2) is 15.6 Å². The Bertz CT molecular complexity index is 569. The predicted molar refractivity (Wildman–Crippen MR) is 76.6 cm³/mol. The van der Waals surface area contributed by atoms with E-state index in [9.17, 15) is 4.79 Å². The van der Waals surface area contributed by atoms with Crippen molar-refractivity contribution < 1.29 is 9.21 Å². The van der Waals surface area contributed by atoms with Gasteiger partial charge in [-0.1, -0.05) is 0 Å². The van der Waals surface area contributed by atoms with E-state index in [0.29, 0.717) is 10.4 Å². The average molecular weight is 342 g/mol. The smallest absolute Gasteiger partial charge is 0.287 e. The minimum atomic E-state index is -0.170. The van der Waals surface area contributed by atoms with Crippen molar-refractivity contribution in [3.63, 3.8) is 0 Å². The Morgan fingerprint density at radius 3 is 3.16 bits per heavy atom. The van der Waals surface area contributed by atoms with Gasteiger partial charge in [0, 0.05) is 30.7 Å². The molecule has 0 aliphatic carbocycles. The first-order valence-electron chi connectivity index (χ1n) is 5.93. The second-order valence-corrected chi connectivity index (χ2v) is 5.98. The van der Waals surface area contributed by atoms with Crippen LogP contribution in [0.2, 0.25) is 0 Å². The molecule has 5 nitrogen and oxygen atoms in total. The highest BCUT2D eigenvalue weighted by atomic mass is 79.9. The van der Waals surface area contributed by atoms with E-state index in [1.807, 2.05) is 5.38 Å². The largest absolute Gasteiger partial charge is 0.444 e. The van der Waals surface area contributed by atoms with Crippen LogP contribution in [0, 0.1) is 0 Å². The molecule has 3 rings (SSSR count). The van der Waals surface area contributed by atoms with Gasteiger partial charge in [0.05, 0.1) is 0 Å². The number of halogens is 1. The molecule has 2 aromatic heterocycles. The van der Waals surface area contributed by atoms with Gasteiger partial charge >= 0.3 is 0 Å². The molecule has 2 aromatic rings. The number of carbonyl (C=O) groups excluding carboxylic acids is 1. The third kappa shape index (κ3) is 2.82. The molecule has 3 heterocycles. The van der Waals surface area contributed by atoms with Crippen LogP contribution in [0.4, 0.5) is 5.13 Å². The van der Waals surface area contributed by atoms with Gasteiger partial charge in [0.25, 0.3) is 5.91 Å². The zero-order chi connectivity index (χ0) is 13.2. The molecule has 100 valence electrons. The summed E-state index contributed by atoms with van der Waals surface area (Å²) in [4.78, 5) is 18.4. The van der Waals surface area contributed by atoms with E-state index in [1.165, 1.54) is 0 Å². The molecule has 1 saturated heterocycles. The topological polar surface area (TPSA) is 58.4 Å². The van der Waals surface area contributed by atoms with Crippen molar-refractivity contribution in [2.45, 2.75) is 12.5 Å². The Morgan fingerprint density at radius 2 is 2.47 bits per heavy atom. The van der Waals surface area contributed by atoms with E-state index in [-0.39, 0.29) is 11.9 Å². The van der Waals surface area contributed by atoms with Gasteiger partial charge in [0.1, 0.15) is 0 Å². The maximum Gasteiger partial charge on any atom is 0.287 e. The molecular formula is C12H12BrN3O2S. The van der Waals surface area contributed by atoms with Crippen LogP contribution in [0.15, 0.2) is 32.8 Å². The van der Waals surface area contributed by atoms with E-state index in [4.69, 9.17) is 4.42 Å². The number of nitrogens with zero attached hydrogens (tertiary/aromatic N) is 2. The number of rotatable bonds is 3. The molecular weight excluding hydrogens is 330 g/mol. The maximum atomic E-state index is 11.9. The Labute approximate surface area is 122 Å². The molecule has 0 aromatic carbocycles. The van der Waals surface area contributed by atoms with Gasteiger partial charge in [-0.3, -0.25) is 4.79 Å². The first kappa shape index (κ1) is 12.7. The zero-order valence-electron chi connectivity index (χ0n) is 10.0. The second kappa shape index (κ2) is 5.34. The van der Waals surface area contributed by atoms with Crippen molar-refractivity contribution >= 4 is 38.3 Å². The first-order chi connectivity index (χ1) is 9.22. The van der Waals surface area contributed by atoms with Crippen LogP contribution in [-0.4, -0.2) is 30.0 Å². The maximum absolute atomic E-state index is 11.9. The molecule has 0 saturated carbocycles. The van der Waals surface area contributed by atoms with Gasteiger partial charge in [-0.15, -0.1) is 11.3 Å².